The van der Waals surface area contributed by atoms with Gasteiger partial charge in [-0.05, 0) is 30.3 Å². The van der Waals surface area contributed by atoms with Crippen molar-refractivity contribution in [3.8, 4) is 0 Å². The van der Waals surface area contributed by atoms with E-state index in [-0.39, 0.29) is 29.3 Å². The van der Waals surface area contributed by atoms with E-state index in [4.69, 9.17) is 4.74 Å². The molecule has 0 saturated carbocycles. The van der Waals surface area contributed by atoms with Crippen LogP contribution >= 0.6 is 0 Å². The molecule has 2 aliphatic rings. The lowest BCUT2D eigenvalue weighted by molar-refractivity contribution is -0.121. The molecule has 168 valence electrons. The topological polar surface area (TPSA) is 104 Å². The number of nitrogens with zero attached hydrogens (tertiary/aromatic N) is 3. The first-order valence-corrected chi connectivity index (χ1v) is 11.8. The molecule has 1 atom stereocenters. The van der Waals surface area contributed by atoms with Crippen LogP contribution in [0.25, 0.3) is 0 Å². The zero-order valence-electron chi connectivity index (χ0n) is 17.5. The van der Waals surface area contributed by atoms with E-state index in [0.29, 0.717) is 18.8 Å². The molecule has 0 aliphatic carbocycles. The highest BCUT2D eigenvalue weighted by molar-refractivity contribution is 7.91. The highest BCUT2D eigenvalue weighted by atomic mass is 32.2. The predicted molar refractivity (Wildman–Crippen MR) is 116 cm³/mol. The van der Waals surface area contributed by atoms with Gasteiger partial charge in [0.05, 0.1) is 29.0 Å². The lowest BCUT2D eigenvalue weighted by Gasteiger charge is -2.35. The molecule has 2 fully saturated rings. The molecule has 2 aromatic carbocycles. The second-order valence-corrected chi connectivity index (χ2v) is 9.75. The van der Waals surface area contributed by atoms with Crippen molar-refractivity contribution in [2.45, 2.75) is 10.9 Å². The average Bonchev–Trinajstić information content (AvgIpc) is 3.07. The third-order valence-electron chi connectivity index (χ3n) is 5.71. The molecule has 0 spiro atoms. The maximum Gasteiger partial charge on any atom is 0.337 e. The summed E-state index contributed by atoms with van der Waals surface area (Å²) in [6.45, 7) is 1.30. The van der Waals surface area contributed by atoms with Crippen LogP contribution in [0.5, 0.6) is 0 Å². The molecule has 2 saturated heterocycles. The Morgan fingerprint density at radius 1 is 1.06 bits per heavy atom. The molecule has 2 aromatic rings. The average molecular weight is 458 g/mol. The molecule has 32 heavy (non-hydrogen) atoms. The minimum Gasteiger partial charge on any atom is -0.465 e. The standard InChI is InChI=1S/C22H23N3O6S/c1-31-21(27)16-6-5-7-17(14-16)25-20(26)19-15-23(10-11-24(19)22(25)28)12-13-32(29,30)18-8-3-2-4-9-18/h2-9,14,19H,10-13,15H2,1H3. The van der Waals surface area contributed by atoms with E-state index < -0.39 is 33.8 Å². The van der Waals surface area contributed by atoms with Crippen molar-refractivity contribution in [1.29, 1.82) is 0 Å². The number of urea groups is 1. The van der Waals surface area contributed by atoms with Gasteiger partial charge in [-0.3, -0.25) is 9.69 Å². The fourth-order valence-electron chi connectivity index (χ4n) is 3.98. The molecule has 2 aliphatic heterocycles. The number of amides is 3. The zero-order chi connectivity index (χ0) is 22.9. The Labute approximate surface area is 186 Å². The fourth-order valence-corrected chi connectivity index (χ4v) is 5.28. The second-order valence-electron chi connectivity index (χ2n) is 7.64. The van der Waals surface area contributed by atoms with Crippen LogP contribution in [0.1, 0.15) is 10.4 Å². The van der Waals surface area contributed by atoms with Gasteiger partial charge in [0.1, 0.15) is 6.04 Å². The molecule has 0 aromatic heterocycles. The lowest BCUT2D eigenvalue weighted by atomic mass is 10.1. The normalized spacial score (nSPS) is 19.2. The number of methoxy groups -OCH3 is 1. The molecule has 4 rings (SSSR count). The first kappa shape index (κ1) is 22.0. The number of benzene rings is 2. The monoisotopic (exact) mass is 457 g/mol. The Kier molecular flexibility index (Phi) is 5.98. The third-order valence-corrected chi connectivity index (χ3v) is 7.42. The first-order valence-electron chi connectivity index (χ1n) is 10.1. The van der Waals surface area contributed by atoms with Crippen LogP contribution in [-0.2, 0) is 19.4 Å². The van der Waals surface area contributed by atoms with Crippen LogP contribution in [0, 0.1) is 0 Å². The van der Waals surface area contributed by atoms with Crippen LogP contribution in [0.4, 0.5) is 10.5 Å². The van der Waals surface area contributed by atoms with E-state index in [0.717, 1.165) is 4.90 Å². The quantitative estimate of drug-likeness (QED) is 0.477. The molecule has 2 heterocycles. The zero-order valence-corrected chi connectivity index (χ0v) is 18.3. The van der Waals surface area contributed by atoms with Gasteiger partial charge in [0.15, 0.2) is 9.84 Å². The van der Waals surface area contributed by atoms with Crippen molar-refractivity contribution in [3.05, 3.63) is 60.2 Å². The van der Waals surface area contributed by atoms with Gasteiger partial charge in [-0.15, -0.1) is 0 Å². The maximum absolute atomic E-state index is 13.1. The number of piperazine rings is 1. The van der Waals surface area contributed by atoms with E-state index in [9.17, 15) is 22.8 Å². The molecule has 3 amide bonds. The molecule has 10 heteroatoms. The summed E-state index contributed by atoms with van der Waals surface area (Å²) in [5.74, 6) is -1.03. The number of rotatable bonds is 6. The minimum atomic E-state index is -3.44. The van der Waals surface area contributed by atoms with Gasteiger partial charge < -0.3 is 9.64 Å². The van der Waals surface area contributed by atoms with Crippen molar-refractivity contribution in [3.63, 3.8) is 0 Å². The van der Waals surface area contributed by atoms with E-state index >= 15 is 0 Å². The first-order chi connectivity index (χ1) is 15.3. The van der Waals surface area contributed by atoms with E-state index in [1.165, 1.54) is 18.1 Å². The molecular weight excluding hydrogens is 434 g/mol. The van der Waals surface area contributed by atoms with Crippen molar-refractivity contribution >= 4 is 33.4 Å². The Morgan fingerprint density at radius 2 is 1.81 bits per heavy atom. The number of esters is 1. The fraction of sp³-hybridized carbons (Fsp3) is 0.318. The summed E-state index contributed by atoms with van der Waals surface area (Å²) in [4.78, 5) is 42.5. The van der Waals surface area contributed by atoms with E-state index in [1.807, 2.05) is 4.90 Å². The number of anilines is 1. The van der Waals surface area contributed by atoms with Gasteiger partial charge in [0.2, 0.25) is 0 Å². The number of carbonyl (C=O) groups is 3. The number of ether oxygens (including phenoxy) is 1. The summed E-state index contributed by atoms with van der Waals surface area (Å²) < 4.78 is 29.8. The Bertz CT molecular complexity index is 1150. The largest absolute Gasteiger partial charge is 0.465 e. The third kappa shape index (κ3) is 4.11. The summed E-state index contributed by atoms with van der Waals surface area (Å²) in [5.41, 5.74) is 0.540. The molecule has 9 nitrogen and oxygen atoms in total. The SMILES string of the molecule is COC(=O)c1cccc(N2C(=O)C3CN(CCS(=O)(=O)c4ccccc4)CCN3C2=O)c1. The summed E-state index contributed by atoms with van der Waals surface area (Å²) in [7, 11) is -2.18. The van der Waals surface area contributed by atoms with Crippen molar-refractivity contribution in [2.75, 3.05) is 43.9 Å². The molecule has 0 bridgehead atoms. The molecule has 0 radical (unpaired) electrons. The van der Waals surface area contributed by atoms with Crippen LogP contribution < -0.4 is 4.90 Å². The van der Waals surface area contributed by atoms with Gasteiger partial charge in [-0.1, -0.05) is 24.3 Å². The van der Waals surface area contributed by atoms with Gasteiger partial charge in [0, 0.05) is 26.2 Å². The molecule has 0 N–H and O–H groups in total. The maximum atomic E-state index is 13.1. The second kappa shape index (κ2) is 8.71. The van der Waals surface area contributed by atoms with Crippen molar-refractivity contribution in [2.24, 2.45) is 0 Å². The Morgan fingerprint density at radius 3 is 2.53 bits per heavy atom. The number of carbonyl (C=O) groups excluding carboxylic acids is 3. The number of hydrogen-bond acceptors (Lipinski definition) is 7. The van der Waals surface area contributed by atoms with E-state index in [1.54, 1.807) is 48.5 Å². The lowest BCUT2D eigenvalue weighted by Crippen LogP contribution is -2.53. The summed E-state index contributed by atoms with van der Waals surface area (Å²) in [6.07, 6.45) is 0. The summed E-state index contributed by atoms with van der Waals surface area (Å²) in [6, 6.07) is 13.3. The Hall–Kier alpha value is -3.24. The summed E-state index contributed by atoms with van der Waals surface area (Å²) in [5, 5.41) is 0. The summed E-state index contributed by atoms with van der Waals surface area (Å²) >= 11 is 0. The number of sulfone groups is 1. The van der Waals surface area contributed by atoms with Gasteiger partial charge in [-0.2, -0.15) is 0 Å². The Balaban J connectivity index is 1.46. The molecular formula is C22H23N3O6S. The number of hydrogen-bond donors (Lipinski definition) is 0. The smallest absolute Gasteiger partial charge is 0.337 e. The molecule has 1 unspecified atom stereocenters. The van der Waals surface area contributed by atoms with Crippen LogP contribution in [0.3, 0.4) is 0 Å². The van der Waals surface area contributed by atoms with Gasteiger partial charge in [-0.25, -0.2) is 22.9 Å². The van der Waals surface area contributed by atoms with Gasteiger partial charge >= 0.3 is 12.0 Å². The predicted octanol–water partition coefficient (Wildman–Crippen LogP) is 1.40. The van der Waals surface area contributed by atoms with Gasteiger partial charge in [0.25, 0.3) is 5.91 Å². The highest BCUT2D eigenvalue weighted by Crippen LogP contribution is 2.28. The number of imide groups is 1. The van der Waals surface area contributed by atoms with Crippen molar-refractivity contribution in [1.82, 2.24) is 9.80 Å². The van der Waals surface area contributed by atoms with Crippen LogP contribution in [0.15, 0.2) is 59.5 Å². The highest BCUT2D eigenvalue weighted by Gasteiger charge is 2.48. The van der Waals surface area contributed by atoms with Crippen molar-refractivity contribution < 1.29 is 27.5 Å². The number of fused-ring (bicyclic) bond motifs is 1. The van der Waals surface area contributed by atoms with Crippen LogP contribution in [0.2, 0.25) is 0 Å². The minimum absolute atomic E-state index is 0.0727. The van der Waals surface area contributed by atoms with Crippen LogP contribution in [-0.4, -0.2) is 81.2 Å². The van der Waals surface area contributed by atoms with E-state index in [2.05, 4.69) is 0 Å².